The molecule has 1 amide bonds. The average molecular weight is 303 g/mol. The number of amides is 1. The predicted octanol–water partition coefficient (Wildman–Crippen LogP) is 1.67. The van der Waals surface area contributed by atoms with Gasteiger partial charge in [0.25, 0.3) is 5.91 Å². The highest BCUT2D eigenvalue weighted by Gasteiger charge is 2.22. The number of hydrogen-bond acceptors (Lipinski definition) is 4. The molecule has 2 N–H and O–H groups in total. The van der Waals surface area contributed by atoms with Crippen molar-refractivity contribution in [2.45, 2.75) is 18.8 Å². The van der Waals surface area contributed by atoms with Gasteiger partial charge in [-0.2, -0.15) is 10.1 Å². The number of benzene rings is 1. The number of aromatic nitrogens is 3. The van der Waals surface area contributed by atoms with Crippen LogP contribution in [-0.4, -0.2) is 33.8 Å². The van der Waals surface area contributed by atoms with Crippen LogP contribution >= 0.6 is 0 Å². The fourth-order valence-electron chi connectivity index (χ4n) is 2.58. The van der Waals surface area contributed by atoms with Crippen LogP contribution in [0.5, 0.6) is 0 Å². The molecule has 1 aromatic heterocycles. The molecule has 1 fully saturated rings. The first-order valence-corrected chi connectivity index (χ1v) is 7.32. The van der Waals surface area contributed by atoms with Crippen LogP contribution in [0.1, 0.15) is 34.9 Å². The van der Waals surface area contributed by atoms with E-state index in [1.165, 1.54) is 16.8 Å². The van der Waals surface area contributed by atoms with E-state index in [2.05, 4.69) is 20.7 Å². The van der Waals surface area contributed by atoms with Crippen LogP contribution in [0, 0.1) is 5.82 Å². The maximum absolute atomic E-state index is 13.6. The molecule has 3 rings (SSSR count). The van der Waals surface area contributed by atoms with E-state index in [-0.39, 0.29) is 5.56 Å². The summed E-state index contributed by atoms with van der Waals surface area (Å²) in [7, 11) is 1.72. The highest BCUT2D eigenvalue weighted by molar-refractivity contribution is 6.03. The molecule has 1 saturated heterocycles. The highest BCUT2D eigenvalue weighted by Crippen LogP contribution is 2.23. The first-order chi connectivity index (χ1) is 10.6. The van der Waals surface area contributed by atoms with Gasteiger partial charge in [0.2, 0.25) is 5.95 Å². The molecule has 1 aliphatic heterocycles. The van der Waals surface area contributed by atoms with Crippen molar-refractivity contribution < 1.29 is 9.18 Å². The monoisotopic (exact) mass is 303 g/mol. The topological polar surface area (TPSA) is 71.8 Å². The largest absolute Gasteiger partial charge is 0.317 e. The van der Waals surface area contributed by atoms with Crippen LogP contribution < -0.4 is 10.6 Å². The van der Waals surface area contributed by atoms with Gasteiger partial charge in [0.05, 0.1) is 5.56 Å². The number of nitrogens with zero attached hydrogens (tertiary/aromatic N) is 3. The van der Waals surface area contributed by atoms with E-state index >= 15 is 0 Å². The molecule has 22 heavy (non-hydrogen) atoms. The van der Waals surface area contributed by atoms with Crippen molar-refractivity contribution >= 4 is 11.9 Å². The van der Waals surface area contributed by atoms with Gasteiger partial charge in [0.15, 0.2) is 5.82 Å². The second-order valence-electron chi connectivity index (χ2n) is 5.38. The number of aryl methyl sites for hydroxylation is 1. The van der Waals surface area contributed by atoms with Crippen LogP contribution in [-0.2, 0) is 7.05 Å². The molecule has 6 nitrogen and oxygen atoms in total. The van der Waals surface area contributed by atoms with Crippen molar-refractivity contribution in [1.29, 1.82) is 0 Å². The molecule has 0 atom stereocenters. The Morgan fingerprint density at radius 3 is 2.82 bits per heavy atom. The van der Waals surface area contributed by atoms with E-state index in [0.29, 0.717) is 11.9 Å². The summed E-state index contributed by atoms with van der Waals surface area (Å²) in [4.78, 5) is 16.5. The Bertz CT molecular complexity index is 678. The first-order valence-electron chi connectivity index (χ1n) is 7.32. The van der Waals surface area contributed by atoms with Gasteiger partial charge in [-0.15, -0.1) is 0 Å². The minimum Gasteiger partial charge on any atom is -0.317 e. The number of piperidine rings is 1. The van der Waals surface area contributed by atoms with Crippen LogP contribution in [0.2, 0.25) is 0 Å². The maximum atomic E-state index is 13.6. The zero-order chi connectivity index (χ0) is 15.5. The summed E-state index contributed by atoms with van der Waals surface area (Å²) in [5, 5.41) is 10.3. The van der Waals surface area contributed by atoms with E-state index in [1.54, 1.807) is 19.2 Å². The Morgan fingerprint density at radius 1 is 1.36 bits per heavy atom. The fourth-order valence-corrected chi connectivity index (χ4v) is 2.58. The number of hydrogen-bond donors (Lipinski definition) is 2. The Kier molecular flexibility index (Phi) is 4.15. The second kappa shape index (κ2) is 6.23. The molecular weight excluding hydrogens is 285 g/mol. The second-order valence-corrected chi connectivity index (χ2v) is 5.38. The normalized spacial score (nSPS) is 15.7. The maximum Gasteiger partial charge on any atom is 0.260 e. The lowest BCUT2D eigenvalue weighted by molar-refractivity contribution is 0.102. The molecule has 2 aromatic rings. The average Bonchev–Trinajstić information content (AvgIpc) is 2.89. The van der Waals surface area contributed by atoms with E-state index in [9.17, 15) is 9.18 Å². The molecular formula is C15H18FN5O. The molecule has 0 unspecified atom stereocenters. The fraction of sp³-hybridized carbons (Fsp3) is 0.400. The zero-order valence-electron chi connectivity index (χ0n) is 12.3. The van der Waals surface area contributed by atoms with Crippen molar-refractivity contribution in [2.75, 3.05) is 18.4 Å². The summed E-state index contributed by atoms with van der Waals surface area (Å²) >= 11 is 0. The standard InChI is InChI=1S/C15H18FN5O/c1-21-15(18-13(20-21)10-6-8-17-9-7-10)19-14(22)11-4-2-3-5-12(11)16/h2-5,10,17H,6-9H2,1H3,(H,18,19,20,22). The van der Waals surface area contributed by atoms with E-state index in [4.69, 9.17) is 0 Å². The molecule has 2 heterocycles. The van der Waals surface area contributed by atoms with E-state index < -0.39 is 11.7 Å². The Balaban J connectivity index is 1.76. The van der Waals surface area contributed by atoms with Gasteiger partial charge < -0.3 is 5.32 Å². The summed E-state index contributed by atoms with van der Waals surface area (Å²) in [6.07, 6.45) is 1.95. The number of halogens is 1. The van der Waals surface area contributed by atoms with E-state index in [1.807, 2.05) is 0 Å². The Labute approximate surface area is 127 Å². The molecule has 1 aromatic carbocycles. The van der Waals surface area contributed by atoms with Gasteiger partial charge in [0.1, 0.15) is 5.82 Å². The molecule has 116 valence electrons. The molecule has 0 aliphatic carbocycles. The Hall–Kier alpha value is -2.28. The van der Waals surface area contributed by atoms with Crippen LogP contribution in [0.4, 0.5) is 10.3 Å². The number of nitrogens with one attached hydrogen (secondary N) is 2. The van der Waals surface area contributed by atoms with Crippen molar-refractivity contribution in [3.63, 3.8) is 0 Å². The van der Waals surface area contributed by atoms with Crippen molar-refractivity contribution in [2.24, 2.45) is 7.05 Å². The minimum atomic E-state index is -0.555. The third kappa shape index (κ3) is 2.99. The molecule has 0 saturated carbocycles. The smallest absolute Gasteiger partial charge is 0.260 e. The van der Waals surface area contributed by atoms with Crippen LogP contribution in [0.15, 0.2) is 24.3 Å². The van der Waals surface area contributed by atoms with Gasteiger partial charge in [-0.1, -0.05) is 12.1 Å². The highest BCUT2D eigenvalue weighted by atomic mass is 19.1. The van der Waals surface area contributed by atoms with Gasteiger partial charge in [-0.25, -0.2) is 9.07 Å². The summed E-state index contributed by atoms with van der Waals surface area (Å²) < 4.78 is 15.2. The summed E-state index contributed by atoms with van der Waals surface area (Å²) in [5.41, 5.74) is -0.00563. The molecule has 7 heteroatoms. The van der Waals surface area contributed by atoms with Crippen LogP contribution in [0.25, 0.3) is 0 Å². The number of carbonyl (C=O) groups excluding carboxylic acids is 1. The van der Waals surface area contributed by atoms with Crippen molar-refractivity contribution in [3.05, 3.63) is 41.5 Å². The van der Waals surface area contributed by atoms with Crippen LogP contribution in [0.3, 0.4) is 0 Å². The molecule has 0 radical (unpaired) electrons. The molecule has 0 bridgehead atoms. The molecule has 0 spiro atoms. The summed E-state index contributed by atoms with van der Waals surface area (Å²) in [5.74, 6) is 0.285. The zero-order valence-corrected chi connectivity index (χ0v) is 12.3. The van der Waals surface area contributed by atoms with Gasteiger partial charge >= 0.3 is 0 Å². The van der Waals surface area contributed by atoms with Gasteiger partial charge in [0, 0.05) is 13.0 Å². The lowest BCUT2D eigenvalue weighted by atomic mass is 9.98. The van der Waals surface area contributed by atoms with Crippen molar-refractivity contribution in [3.8, 4) is 0 Å². The molecule has 1 aliphatic rings. The Morgan fingerprint density at radius 2 is 2.09 bits per heavy atom. The minimum absolute atomic E-state index is 0.00563. The third-order valence-electron chi connectivity index (χ3n) is 3.83. The van der Waals surface area contributed by atoms with Gasteiger partial charge in [-0.05, 0) is 38.1 Å². The predicted molar refractivity (Wildman–Crippen MR) is 80.2 cm³/mol. The summed E-state index contributed by atoms with van der Waals surface area (Å²) in [6, 6.07) is 5.86. The SMILES string of the molecule is Cn1nc(C2CCNCC2)nc1NC(=O)c1ccccc1F. The third-order valence-corrected chi connectivity index (χ3v) is 3.83. The number of carbonyl (C=O) groups is 1. The lowest BCUT2D eigenvalue weighted by Gasteiger charge is -2.19. The van der Waals surface area contributed by atoms with Gasteiger partial charge in [-0.3, -0.25) is 10.1 Å². The lowest BCUT2D eigenvalue weighted by Crippen LogP contribution is -2.27. The summed E-state index contributed by atoms with van der Waals surface area (Å²) in [6.45, 7) is 1.89. The quantitative estimate of drug-likeness (QED) is 0.905. The number of anilines is 1. The first kappa shape index (κ1) is 14.6. The van der Waals surface area contributed by atoms with Crippen molar-refractivity contribution in [1.82, 2.24) is 20.1 Å². The number of rotatable bonds is 3. The van der Waals surface area contributed by atoms with E-state index in [0.717, 1.165) is 31.8 Å².